The van der Waals surface area contributed by atoms with Crippen molar-refractivity contribution in [2.24, 2.45) is 0 Å². The minimum absolute atomic E-state index is 0.227. The lowest BCUT2D eigenvalue weighted by molar-refractivity contribution is -0.394. The molecule has 8 nitrogen and oxygen atoms in total. The Bertz CT molecular complexity index is 516. The van der Waals surface area contributed by atoms with Crippen molar-refractivity contribution in [3.63, 3.8) is 0 Å². The summed E-state index contributed by atoms with van der Waals surface area (Å²) in [4.78, 5) is 20.3. The third-order valence-electron chi connectivity index (χ3n) is 2.74. The molecular weight excluding hydrogens is 266 g/mol. The van der Waals surface area contributed by atoms with Crippen molar-refractivity contribution in [3.05, 3.63) is 44.0 Å². The number of non-ortho nitro benzene ring substituents is 1. The molecule has 1 aromatic rings. The minimum Gasteiger partial charge on any atom is -0.383 e. The number of rotatable bonds is 7. The average Bonchev–Trinajstić information content (AvgIpc) is 2.36. The molecule has 0 aliphatic heterocycles. The van der Waals surface area contributed by atoms with Gasteiger partial charge in [0.05, 0.1) is 22.5 Å². The summed E-state index contributed by atoms with van der Waals surface area (Å²) in [5, 5.41) is 24.7. The predicted octanol–water partition coefficient (Wildman–Crippen LogP) is 2.02. The molecule has 0 saturated heterocycles. The number of hydrogen-bond acceptors (Lipinski definition) is 6. The van der Waals surface area contributed by atoms with Gasteiger partial charge in [0.25, 0.3) is 11.4 Å². The van der Waals surface area contributed by atoms with Crippen LogP contribution in [0.2, 0.25) is 0 Å². The minimum atomic E-state index is -0.654. The Kier molecular flexibility index (Phi) is 5.12. The van der Waals surface area contributed by atoms with Crippen LogP contribution in [0.4, 0.5) is 11.4 Å². The molecule has 1 N–H and O–H groups in total. The van der Waals surface area contributed by atoms with Gasteiger partial charge in [-0.1, -0.05) is 0 Å². The molecule has 0 bridgehead atoms. The number of nitro groups is 2. The van der Waals surface area contributed by atoms with E-state index in [0.717, 1.165) is 6.07 Å². The number of ether oxygens (including phenoxy) is 1. The van der Waals surface area contributed by atoms with Crippen LogP contribution < -0.4 is 5.32 Å². The van der Waals surface area contributed by atoms with Gasteiger partial charge in [-0.05, 0) is 19.9 Å². The normalized spacial score (nSPS) is 11.3. The van der Waals surface area contributed by atoms with Crippen LogP contribution in [-0.4, -0.2) is 29.1 Å². The molecule has 0 aliphatic carbocycles. The Balaban J connectivity index is 2.95. The third-order valence-corrected chi connectivity index (χ3v) is 2.74. The van der Waals surface area contributed by atoms with Gasteiger partial charge in [-0.25, -0.2) is 0 Å². The fourth-order valence-electron chi connectivity index (χ4n) is 1.73. The first kappa shape index (κ1) is 16.0. The Hall–Kier alpha value is -2.06. The van der Waals surface area contributed by atoms with Crippen molar-refractivity contribution in [1.29, 1.82) is 0 Å². The van der Waals surface area contributed by atoms with E-state index < -0.39 is 9.85 Å². The number of hydrogen-bond donors (Lipinski definition) is 1. The van der Waals surface area contributed by atoms with E-state index in [9.17, 15) is 20.2 Å². The predicted molar refractivity (Wildman–Crippen MR) is 72.5 cm³/mol. The second kappa shape index (κ2) is 6.40. The van der Waals surface area contributed by atoms with E-state index in [-0.39, 0.29) is 23.5 Å². The van der Waals surface area contributed by atoms with Gasteiger partial charge < -0.3 is 10.1 Å². The second-order valence-corrected chi connectivity index (χ2v) is 5.00. The lowest BCUT2D eigenvalue weighted by Gasteiger charge is -2.25. The highest BCUT2D eigenvalue weighted by Crippen LogP contribution is 2.25. The van der Waals surface area contributed by atoms with Crippen LogP contribution in [0.3, 0.4) is 0 Å². The Morgan fingerprint density at radius 1 is 1.25 bits per heavy atom. The number of methoxy groups -OCH3 is 1. The van der Waals surface area contributed by atoms with Crippen molar-refractivity contribution < 1.29 is 14.6 Å². The molecule has 20 heavy (non-hydrogen) atoms. The summed E-state index contributed by atoms with van der Waals surface area (Å²) in [5.74, 6) is 0. The van der Waals surface area contributed by atoms with Gasteiger partial charge >= 0.3 is 0 Å². The number of nitro benzene ring substituents is 2. The molecule has 0 spiro atoms. The van der Waals surface area contributed by atoms with E-state index in [1.807, 2.05) is 13.8 Å². The molecule has 0 saturated carbocycles. The second-order valence-electron chi connectivity index (χ2n) is 5.00. The maximum Gasteiger partial charge on any atom is 0.280 e. The molecular formula is C12H17N3O5. The standard InChI is InChI=1S/C12H17N3O5/c1-12(2,8-20-3)13-7-9-4-5-10(14(16)17)6-11(9)15(18)19/h4-6,13H,7-8H2,1-3H3. The van der Waals surface area contributed by atoms with E-state index in [1.54, 1.807) is 7.11 Å². The van der Waals surface area contributed by atoms with Crippen molar-refractivity contribution in [2.75, 3.05) is 13.7 Å². The molecule has 8 heteroatoms. The van der Waals surface area contributed by atoms with E-state index in [0.29, 0.717) is 12.2 Å². The van der Waals surface area contributed by atoms with Crippen LogP contribution in [-0.2, 0) is 11.3 Å². The fraction of sp³-hybridized carbons (Fsp3) is 0.500. The third kappa shape index (κ3) is 4.25. The molecule has 1 rings (SSSR count). The van der Waals surface area contributed by atoms with Gasteiger partial charge in [0.15, 0.2) is 0 Å². The van der Waals surface area contributed by atoms with E-state index in [4.69, 9.17) is 4.74 Å². The van der Waals surface area contributed by atoms with Crippen LogP contribution in [0.25, 0.3) is 0 Å². The molecule has 110 valence electrons. The quantitative estimate of drug-likeness (QED) is 0.605. The van der Waals surface area contributed by atoms with Gasteiger partial charge in [-0.15, -0.1) is 0 Å². The van der Waals surface area contributed by atoms with E-state index in [1.165, 1.54) is 12.1 Å². The Morgan fingerprint density at radius 3 is 2.40 bits per heavy atom. The topological polar surface area (TPSA) is 108 Å². The first-order chi connectivity index (χ1) is 9.26. The maximum atomic E-state index is 11.0. The highest BCUT2D eigenvalue weighted by molar-refractivity contribution is 5.49. The highest BCUT2D eigenvalue weighted by atomic mass is 16.6. The lowest BCUT2D eigenvalue weighted by Crippen LogP contribution is -2.42. The highest BCUT2D eigenvalue weighted by Gasteiger charge is 2.22. The monoisotopic (exact) mass is 283 g/mol. The number of benzene rings is 1. The summed E-state index contributed by atoms with van der Waals surface area (Å²) >= 11 is 0. The van der Waals surface area contributed by atoms with Crippen LogP contribution >= 0.6 is 0 Å². The summed E-state index contributed by atoms with van der Waals surface area (Å²) in [7, 11) is 1.57. The Labute approximate surface area is 116 Å². The van der Waals surface area contributed by atoms with Gasteiger partial charge in [0.1, 0.15) is 0 Å². The molecule has 0 aliphatic rings. The molecule has 0 radical (unpaired) electrons. The Morgan fingerprint density at radius 2 is 1.90 bits per heavy atom. The summed E-state index contributed by atoms with van der Waals surface area (Å²) in [6, 6.07) is 3.62. The molecule has 0 amide bonds. The molecule has 0 fully saturated rings. The van der Waals surface area contributed by atoms with E-state index >= 15 is 0 Å². The van der Waals surface area contributed by atoms with E-state index in [2.05, 4.69) is 5.32 Å². The van der Waals surface area contributed by atoms with Crippen molar-refractivity contribution in [1.82, 2.24) is 5.32 Å². The molecule has 0 heterocycles. The average molecular weight is 283 g/mol. The fourth-order valence-corrected chi connectivity index (χ4v) is 1.73. The van der Waals surface area contributed by atoms with Crippen molar-refractivity contribution in [2.45, 2.75) is 25.9 Å². The van der Waals surface area contributed by atoms with Crippen molar-refractivity contribution in [3.8, 4) is 0 Å². The summed E-state index contributed by atoms with van der Waals surface area (Å²) in [6.45, 7) is 4.46. The summed E-state index contributed by atoms with van der Waals surface area (Å²) in [6.07, 6.45) is 0. The van der Waals surface area contributed by atoms with Gasteiger partial charge in [0.2, 0.25) is 0 Å². The maximum absolute atomic E-state index is 11.0. The number of nitrogens with zero attached hydrogens (tertiary/aromatic N) is 2. The molecule has 0 aromatic heterocycles. The lowest BCUT2D eigenvalue weighted by atomic mass is 10.1. The largest absolute Gasteiger partial charge is 0.383 e. The molecule has 1 aromatic carbocycles. The van der Waals surface area contributed by atoms with Crippen LogP contribution in [0.1, 0.15) is 19.4 Å². The smallest absolute Gasteiger partial charge is 0.280 e. The molecule has 0 atom stereocenters. The van der Waals surface area contributed by atoms with Gasteiger partial charge in [-0.3, -0.25) is 20.2 Å². The zero-order chi connectivity index (χ0) is 15.3. The zero-order valence-corrected chi connectivity index (χ0v) is 11.6. The first-order valence-electron chi connectivity index (χ1n) is 5.92. The van der Waals surface area contributed by atoms with Crippen LogP contribution in [0, 0.1) is 20.2 Å². The summed E-state index contributed by atoms with van der Waals surface area (Å²) < 4.78 is 5.04. The summed E-state index contributed by atoms with van der Waals surface area (Å²) in [5.41, 5.74) is -0.522. The van der Waals surface area contributed by atoms with Crippen LogP contribution in [0.15, 0.2) is 18.2 Å². The van der Waals surface area contributed by atoms with Crippen LogP contribution in [0.5, 0.6) is 0 Å². The molecule has 0 unspecified atom stereocenters. The SMILES string of the molecule is COCC(C)(C)NCc1ccc([N+](=O)[O-])cc1[N+](=O)[O-]. The van der Waals surface area contributed by atoms with Gasteiger partial charge in [-0.2, -0.15) is 0 Å². The first-order valence-corrected chi connectivity index (χ1v) is 5.92. The van der Waals surface area contributed by atoms with Gasteiger partial charge in [0, 0.05) is 30.8 Å². The zero-order valence-electron chi connectivity index (χ0n) is 11.6. The van der Waals surface area contributed by atoms with Crippen molar-refractivity contribution >= 4 is 11.4 Å². The number of nitrogens with one attached hydrogen (secondary N) is 1.